The molecule has 0 unspecified atom stereocenters. The first-order valence-electron chi connectivity index (χ1n) is 10.1. The lowest BCUT2D eigenvalue weighted by atomic mass is 9.73. The Morgan fingerprint density at radius 1 is 1.27 bits per heavy atom. The Hall–Kier alpha value is -2.00. The van der Waals surface area contributed by atoms with Crippen LogP contribution in [-0.4, -0.2) is 46.2 Å². The van der Waals surface area contributed by atoms with Gasteiger partial charge in [-0.2, -0.15) is 0 Å². The molecule has 0 aliphatic carbocycles. The smallest absolute Gasteiger partial charge is 0.154 e. The summed E-state index contributed by atoms with van der Waals surface area (Å²) in [6.07, 6.45) is 7.71. The number of aromatic nitrogens is 3. The third kappa shape index (κ3) is 3.22. The molecule has 9 heteroatoms. The van der Waals surface area contributed by atoms with Crippen LogP contribution in [0.2, 0.25) is 5.02 Å². The number of fused-ring (bicyclic) bond motifs is 1. The zero-order valence-electron chi connectivity index (χ0n) is 16.8. The van der Waals surface area contributed by atoms with E-state index in [0.29, 0.717) is 10.7 Å². The van der Waals surface area contributed by atoms with Gasteiger partial charge in [-0.25, -0.2) is 9.97 Å². The van der Waals surface area contributed by atoms with Gasteiger partial charge in [0.2, 0.25) is 0 Å². The molecule has 2 fully saturated rings. The van der Waals surface area contributed by atoms with Crippen molar-refractivity contribution in [2.45, 2.75) is 41.8 Å². The largest absolute Gasteiger partial charge is 0.397 e. The van der Waals surface area contributed by atoms with Crippen molar-refractivity contribution in [3.05, 3.63) is 41.9 Å². The lowest BCUT2D eigenvalue weighted by Gasteiger charge is -2.41. The molecule has 30 heavy (non-hydrogen) atoms. The molecule has 1 spiro atoms. The average Bonchev–Trinajstić information content (AvgIpc) is 3.35. The van der Waals surface area contributed by atoms with Crippen LogP contribution >= 0.6 is 23.4 Å². The Morgan fingerprint density at radius 2 is 2.07 bits per heavy atom. The minimum atomic E-state index is 0.0895. The van der Waals surface area contributed by atoms with E-state index in [1.165, 1.54) is 11.8 Å². The minimum absolute atomic E-state index is 0.0895. The number of ether oxygens (including phenoxy) is 1. The van der Waals surface area contributed by atoms with Gasteiger partial charge in [-0.15, -0.1) is 0 Å². The molecule has 0 saturated carbocycles. The third-order valence-electron chi connectivity index (χ3n) is 6.52. The van der Waals surface area contributed by atoms with Crippen molar-refractivity contribution >= 4 is 40.4 Å². The van der Waals surface area contributed by atoms with Gasteiger partial charge in [0.05, 0.1) is 35.8 Å². The van der Waals surface area contributed by atoms with Gasteiger partial charge in [0.15, 0.2) is 5.82 Å². The predicted molar refractivity (Wildman–Crippen MR) is 120 cm³/mol. The number of hydrogen-bond donors (Lipinski definition) is 2. The van der Waals surface area contributed by atoms with Crippen LogP contribution in [0.25, 0.3) is 5.52 Å². The maximum atomic E-state index is 6.47. The normalized spacial score (nSPS) is 23.5. The van der Waals surface area contributed by atoms with E-state index in [4.69, 9.17) is 32.8 Å². The van der Waals surface area contributed by atoms with Gasteiger partial charge >= 0.3 is 0 Å². The van der Waals surface area contributed by atoms with E-state index in [1.807, 2.05) is 30.9 Å². The molecule has 2 atom stereocenters. The number of anilines is 2. The SMILES string of the molecule is C[C@@H]1OCC2(CCN(c3ncc(Sc4cccc(N)c4Cl)n4cncc34)CC2)[C@@H]1N. The molecule has 1 aromatic carbocycles. The molecule has 2 aliphatic rings. The van der Waals surface area contributed by atoms with Crippen LogP contribution < -0.4 is 16.4 Å². The Bertz CT molecular complexity index is 1080. The van der Waals surface area contributed by atoms with Gasteiger partial charge in [-0.3, -0.25) is 4.40 Å². The van der Waals surface area contributed by atoms with E-state index in [2.05, 4.69) is 21.2 Å². The van der Waals surface area contributed by atoms with Gasteiger partial charge in [0, 0.05) is 29.4 Å². The number of halogens is 1. The predicted octanol–water partition coefficient (Wildman–Crippen LogP) is 3.45. The fourth-order valence-corrected chi connectivity index (χ4v) is 5.73. The minimum Gasteiger partial charge on any atom is -0.397 e. The van der Waals surface area contributed by atoms with Gasteiger partial charge in [0.25, 0.3) is 0 Å². The fourth-order valence-electron chi connectivity index (χ4n) is 4.56. The fraction of sp³-hybridized carbons (Fsp3) is 0.429. The van der Waals surface area contributed by atoms with Crippen molar-refractivity contribution < 1.29 is 4.74 Å². The molecule has 7 nitrogen and oxygen atoms in total. The quantitative estimate of drug-likeness (QED) is 0.597. The molecule has 3 aromatic rings. The molecular weight excluding hydrogens is 420 g/mol. The summed E-state index contributed by atoms with van der Waals surface area (Å²) in [6, 6.07) is 5.76. The van der Waals surface area contributed by atoms with Crippen molar-refractivity contribution in [3.63, 3.8) is 0 Å². The number of nitrogen functional groups attached to an aromatic ring is 1. The molecule has 2 aromatic heterocycles. The van der Waals surface area contributed by atoms with Crippen LogP contribution in [0.1, 0.15) is 19.8 Å². The monoisotopic (exact) mass is 444 g/mol. The van der Waals surface area contributed by atoms with E-state index in [-0.39, 0.29) is 17.6 Å². The first-order chi connectivity index (χ1) is 14.5. The van der Waals surface area contributed by atoms with E-state index in [0.717, 1.165) is 53.8 Å². The molecule has 2 aliphatic heterocycles. The summed E-state index contributed by atoms with van der Waals surface area (Å²) >= 11 is 7.91. The zero-order valence-corrected chi connectivity index (χ0v) is 18.4. The first kappa shape index (κ1) is 19.9. The maximum absolute atomic E-state index is 6.47. The van der Waals surface area contributed by atoms with E-state index in [9.17, 15) is 0 Å². The van der Waals surface area contributed by atoms with E-state index >= 15 is 0 Å². The maximum Gasteiger partial charge on any atom is 0.154 e. The molecule has 158 valence electrons. The Labute approximate surface area is 184 Å². The molecule has 4 heterocycles. The lowest BCUT2D eigenvalue weighted by molar-refractivity contribution is 0.0974. The van der Waals surface area contributed by atoms with Crippen LogP contribution in [0.15, 0.2) is 46.8 Å². The van der Waals surface area contributed by atoms with E-state index < -0.39 is 0 Å². The Balaban J connectivity index is 1.40. The highest BCUT2D eigenvalue weighted by Gasteiger charge is 2.47. The molecular formula is C21H25ClN6OS. The highest BCUT2D eigenvalue weighted by molar-refractivity contribution is 7.99. The number of imidazole rings is 1. The Kier molecular flexibility index (Phi) is 5.05. The van der Waals surface area contributed by atoms with Crippen molar-refractivity contribution in [1.29, 1.82) is 0 Å². The van der Waals surface area contributed by atoms with Crippen LogP contribution in [0.5, 0.6) is 0 Å². The second-order valence-corrected chi connectivity index (χ2v) is 9.66. The third-order valence-corrected chi connectivity index (χ3v) is 8.12. The topological polar surface area (TPSA) is 94.7 Å². The number of nitrogens with two attached hydrogens (primary N) is 2. The summed E-state index contributed by atoms with van der Waals surface area (Å²) in [4.78, 5) is 12.4. The zero-order chi connectivity index (χ0) is 20.9. The summed E-state index contributed by atoms with van der Waals surface area (Å²) in [5.74, 6) is 0.950. The van der Waals surface area contributed by atoms with Crippen molar-refractivity contribution in [2.24, 2.45) is 11.1 Å². The highest BCUT2D eigenvalue weighted by Crippen LogP contribution is 2.43. The number of rotatable bonds is 3. The summed E-state index contributed by atoms with van der Waals surface area (Å²) in [5.41, 5.74) is 14.1. The molecule has 4 N–H and O–H groups in total. The number of benzene rings is 1. The van der Waals surface area contributed by atoms with Crippen molar-refractivity contribution in [1.82, 2.24) is 14.4 Å². The number of hydrogen-bond acceptors (Lipinski definition) is 7. The van der Waals surface area contributed by atoms with Crippen LogP contribution in [0.4, 0.5) is 11.5 Å². The average molecular weight is 445 g/mol. The van der Waals surface area contributed by atoms with Crippen LogP contribution in [-0.2, 0) is 4.74 Å². The summed E-state index contributed by atoms with van der Waals surface area (Å²) in [6.45, 7) is 4.65. The van der Waals surface area contributed by atoms with Crippen LogP contribution in [0, 0.1) is 5.41 Å². The molecule has 5 rings (SSSR count). The summed E-state index contributed by atoms with van der Waals surface area (Å²) < 4.78 is 7.91. The molecule has 2 saturated heterocycles. The van der Waals surface area contributed by atoms with Gasteiger partial charge in [0.1, 0.15) is 16.9 Å². The lowest BCUT2D eigenvalue weighted by Crippen LogP contribution is -2.50. The summed E-state index contributed by atoms with van der Waals surface area (Å²) in [7, 11) is 0. The molecule has 0 bridgehead atoms. The Morgan fingerprint density at radius 3 is 2.80 bits per heavy atom. The second kappa shape index (κ2) is 7.60. The van der Waals surface area contributed by atoms with Gasteiger partial charge in [-0.1, -0.05) is 29.4 Å². The highest BCUT2D eigenvalue weighted by atomic mass is 35.5. The molecule has 0 radical (unpaired) electrons. The van der Waals surface area contributed by atoms with E-state index in [1.54, 1.807) is 6.07 Å². The second-order valence-electron chi connectivity index (χ2n) is 8.22. The number of nitrogens with zero attached hydrogens (tertiary/aromatic N) is 4. The summed E-state index contributed by atoms with van der Waals surface area (Å²) in [5, 5.41) is 1.50. The van der Waals surface area contributed by atoms with Gasteiger partial charge < -0.3 is 21.1 Å². The number of piperidine rings is 1. The standard InChI is InChI=1S/C21H25ClN6OS/c1-13-19(24)21(11-29-13)5-7-27(8-6-21)20-15-9-25-12-28(15)17(10-26-20)30-16-4-2-3-14(23)18(16)22/h2-4,9-10,12-13,19H,5-8,11,23-24H2,1H3/t13-,19+/m0/s1. The van der Waals surface area contributed by atoms with Crippen LogP contribution in [0.3, 0.4) is 0 Å². The van der Waals surface area contributed by atoms with Gasteiger partial charge in [-0.05, 0) is 31.9 Å². The van der Waals surface area contributed by atoms with Crippen molar-refractivity contribution in [2.75, 3.05) is 30.3 Å². The molecule has 0 amide bonds. The first-order valence-corrected chi connectivity index (χ1v) is 11.3. The van der Waals surface area contributed by atoms with Crippen molar-refractivity contribution in [3.8, 4) is 0 Å².